The van der Waals surface area contributed by atoms with Crippen molar-refractivity contribution >= 4 is 11.6 Å². The van der Waals surface area contributed by atoms with E-state index < -0.39 is 5.41 Å². The molecule has 96 valence electrons. The molecule has 1 aliphatic heterocycles. The van der Waals surface area contributed by atoms with Crippen molar-refractivity contribution in [3.05, 3.63) is 65.7 Å². The smallest absolute Gasteiger partial charge is 0.237 e. The summed E-state index contributed by atoms with van der Waals surface area (Å²) in [5.41, 5.74) is 2.91. The van der Waals surface area contributed by atoms with Gasteiger partial charge in [-0.25, -0.2) is 0 Å². The molecule has 19 heavy (non-hydrogen) atoms. The fourth-order valence-corrected chi connectivity index (χ4v) is 3.00. The van der Waals surface area contributed by atoms with E-state index in [0.29, 0.717) is 0 Å². The first-order valence-corrected chi connectivity index (χ1v) is 6.54. The van der Waals surface area contributed by atoms with Crippen LogP contribution in [0.3, 0.4) is 0 Å². The monoisotopic (exact) mass is 251 g/mol. The van der Waals surface area contributed by atoms with Crippen LogP contribution in [-0.4, -0.2) is 13.0 Å². The highest BCUT2D eigenvalue weighted by Crippen LogP contribution is 2.42. The summed E-state index contributed by atoms with van der Waals surface area (Å²) in [4.78, 5) is 14.4. The third-order valence-corrected chi connectivity index (χ3v) is 4.04. The summed E-state index contributed by atoms with van der Waals surface area (Å²) >= 11 is 0. The van der Waals surface area contributed by atoms with Crippen LogP contribution in [0, 0.1) is 0 Å². The van der Waals surface area contributed by atoms with Crippen molar-refractivity contribution in [2.45, 2.75) is 18.8 Å². The summed E-state index contributed by atoms with van der Waals surface area (Å²) in [5.74, 6) is 0.178. The van der Waals surface area contributed by atoms with E-state index in [1.54, 1.807) is 4.90 Å². The number of hydrogen-bond acceptors (Lipinski definition) is 1. The van der Waals surface area contributed by atoms with Crippen LogP contribution in [0.5, 0.6) is 0 Å². The van der Waals surface area contributed by atoms with Gasteiger partial charge in [-0.2, -0.15) is 0 Å². The van der Waals surface area contributed by atoms with Crippen LogP contribution < -0.4 is 4.90 Å². The zero-order valence-electron chi connectivity index (χ0n) is 11.3. The maximum absolute atomic E-state index is 12.6. The molecule has 0 spiro atoms. The Kier molecular flexibility index (Phi) is 2.67. The van der Waals surface area contributed by atoms with Crippen LogP contribution in [0.1, 0.15) is 18.1 Å². The van der Waals surface area contributed by atoms with Gasteiger partial charge in [-0.3, -0.25) is 4.79 Å². The predicted octanol–water partition coefficient (Wildman–Crippen LogP) is 3.16. The highest BCUT2D eigenvalue weighted by molar-refractivity contribution is 6.07. The zero-order valence-corrected chi connectivity index (χ0v) is 11.3. The molecule has 2 aromatic rings. The second-order valence-corrected chi connectivity index (χ2v) is 5.38. The highest BCUT2D eigenvalue weighted by Gasteiger charge is 2.45. The fourth-order valence-electron chi connectivity index (χ4n) is 3.00. The average Bonchev–Trinajstić information content (AvgIpc) is 2.63. The molecule has 2 aromatic carbocycles. The lowest BCUT2D eigenvalue weighted by Crippen LogP contribution is -2.37. The van der Waals surface area contributed by atoms with E-state index in [9.17, 15) is 4.79 Å². The topological polar surface area (TPSA) is 20.3 Å². The molecule has 0 radical (unpaired) electrons. The summed E-state index contributed by atoms with van der Waals surface area (Å²) in [6.45, 7) is 2.05. The summed E-state index contributed by atoms with van der Waals surface area (Å²) in [7, 11) is 1.86. The summed E-state index contributed by atoms with van der Waals surface area (Å²) in [5, 5.41) is 0. The number of likely N-dealkylation sites (N-methyl/N-ethyl adjacent to an activating group) is 1. The molecule has 2 nitrogen and oxygen atoms in total. The average molecular weight is 251 g/mol. The zero-order chi connectivity index (χ0) is 13.5. The van der Waals surface area contributed by atoms with E-state index in [4.69, 9.17) is 0 Å². The normalized spacial score (nSPS) is 21.6. The standard InChI is InChI=1S/C17H17NO/c1-17(12-13-8-4-3-5-9-13)14-10-6-7-11-15(14)18(2)16(17)19/h3-11H,12H2,1-2H3/t17-/m0/s1. The molecule has 0 aromatic heterocycles. The van der Waals surface area contributed by atoms with Crippen LogP contribution in [0.15, 0.2) is 54.6 Å². The number of fused-ring (bicyclic) bond motifs is 1. The molecule has 0 aliphatic carbocycles. The molecule has 0 N–H and O–H groups in total. The Morgan fingerprint density at radius 3 is 2.37 bits per heavy atom. The van der Waals surface area contributed by atoms with E-state index in [2.05, 4.69) is 18.2 Å². The van der Waals surface area contributed by atoms with E-state index in [0.717, 1.165) is 17.7 Å². The van der Waals surface area contributed by atoms with Crippen molar-refractivity contribution in [3.8, 4) is 0 Å². The summed E-state index contributed by atoms with van der Waals surface area (Å²) < 4.78 is 0. The van der Waals surface area contributed by atoms with Gasteiger partial charge in [-0.15, -0.1) is 0 Å². The Bertz CT molecular complexity index is 620. The van der Waals surface area contributed by atoms with Gasteiger partial charge in [0.25, 0.3) is 0 Å². The van der Waals surface area contributed by atoms with Gasteiger partial charge >= 0.3 is 0 Å². The fraction of sp³-hybridized carbons (Fsp3) is 0.235. The van der Waals surface area contributed by atoms with E-state index in [1.807, 2.05) is 50.4 Å². The third-order valence-electron chi connectivity index (χ3n) is 4.04. The maximum Gasteiger partial charge on any atom is 0.237 e. The minimum atomic E-state index is -0.452. The van der Waals surface area contributed by atoms with Gasteiger partial charge in [-0.1, -0.05) is 48.5 Å². The summed E-state index contributed by atoms with van der Waals surface area (Å²) in [6, 6.07) is 18.3. The van der Waals surface area contributed by atoms with Crippen molar-refractivity contribution in [2.24, 2.45) is 0 Å². The molecular weight excluding hydrogens is 234 g/mol. The van der Waals surface area contributed by atoms with Crippen LogP contribution in [0.2, 0.25) is 0 Å². The number of carbonyl (C=O) groups excluding carboxylic acids is 1. The molecule has 0 fully saturated rings. The maximum atomic E-state index is 12.6. The first kappa shape index (κ1) is 12.0. The van der Waals surface area contributed by atoms with Crippen molar-refractivity contribution in [1.29, 1.82) is 0 Å². The third kappa shape index (κ3) is 1.75. The van der Waals surface area contributed by atoms with E-state index in [1.165, 1.54) is 5.56 Å². The van der Waals surface area contributed by atoms with Gasteiger partial charge in [0.15, 0.2) is 0 Å². The van der Waals surface area contributed by atoms with E-state index >= 15 is 0 Å². The van der Waals surface area contributed by atoms with Crippen LogP contribution >= 0.6 is 0 Å². The minimum absolute atomic E-state index is 0.178. The molecule has 1 amide bonds. The van der Waals surface area contributed by atoms with Gasteiger partial charge in [0.1, 0.15) is 0 Å². The molecule has 0 unspecified atom stereocenters. The molecule has 0 bridgehead atoms. The van der Waals surface area contributed by atoms with Crippen molar-refractivity contribution < 1.29 is 4.79 Å². The Morgan fingerprint density at radius 2 is 1.63 bits per heavy atom. The number of hydrogen-bond donors (Lipinski definition) is 0. The Morgan fingerprint density at radius 1 is 1.00 bits per heavy atom. The summed E-state index contributed by atoms with van der Waals surface area (Å²) in [6.07, 6.45) is 0.744. The molecule has 0 saturated carbocycles. The lowest BCUT2D eigenvalue weighted by atomic mass is 9.78. The van der Waals surface area contributed by atoms with Crippen LogP contribution in [-0.2, 0) is 16.6 Å². The van der Waals surface area contributed by atoms with Gasteiger partial charge in [0.05, 0.1) is 5.41 Å². The lowest BCUT2D eigenvalue weighted by molar-refractivity contribution is -0.122. The number of para-hydroxylation sites is 1. The largest absolute Gasteiger partial charge is 0.314 e. The number of anilines is 1. The Labute approximate surface area is 113 Å². The van der Waals surface area contributed by atoms with Crippen LogP contribution in [0.25, 0.3) is 0 Å². The Hall–Kier alpha value is -2.09. The number of amides is 1. The molecule has 1 aliphatic rings. The van der Waals surface area contributed by atoms with Gasteiger partial charge in [0.2, 0.25) is 5.91 Å². The first-order valence-electron chi connectivity index (χ1n) is 6.54. The quantitative estimate of drug-likeness (QED) is 0.803. The number of nitrogens with zero attached hydrogens (tertiary/aromatic N) is 1. The number of benzene rings is 2. The SMILES string of the molecule is CN1C(=O)[C@@](C)(Cc2ccccc2)c2ccccc21. The van der Waals surface area contributed by atoms with Crippen molar-refractivity contribution in [1.82, 2.24) is 0 Å². The molecule has 0 saturated heterocycles. The minimum Gasteiger partial charge on any atom is -0.314 e. The van der Waals surface area contributed by atoms with Gasteiger partial charge in [0, 0.05) is 12.7 Å². The van der Waals surface area contributed by atoms with Crippen molar-refractivity contribution in [2.75, 3.05) is 11.9 Å². The van der Waals surface area contributed by atoms with Gasteiger partial charge in [-0.05, 0) is 30.5 Å². The molecule has 1 heterocycles. The molecule has 1 atom stereocenters. The number of rotatable bonds is 2. The number of carbonyl (C=O) groups is 1. The first-order chi connectivity index (χ1) is 9.13. The van der Waals surface area contributed by atoms with Crippen LogP contribution in [0.4, 0.5) is 5.69 Å². The molecular formula is C17H17NO. The highest BCUT2D eigenvalue weighted by atomic mass is 16.2. The predicted molar refractivity (Wildman–Crippen MR) is 77.4 cm³/mol. The molecule has 3 rings (SSSR count). The van der Waals surface area contributed by atoms with Crippen molar-refractivity contribution in [3.63, 3.8) is 0 Å². The lowest BCUT2D eigenvalue weighted by Gasteiger charge is -2.23. The molecule has 2 heteroatoms. The van der Waals surface area contributed by atoms with Gasteiger partial charge < -0.3 is 4.90 Å². The van der Waals surface area contributed by atoms with E-state index in [-0.39, 0.29) is 5.91 Å². The Balaban J connectivity index is 2.06. The second kappa shape index (κ2) is 4.23. The second-order valence-electron chi connectivity index (χ2n) is 5.38.